The van der Waals surface area contributed by atoms with Crippen LogP contribution in [0.25, 0.3) is 11.4 Å². The second kappa shape index (κ2) is 6.32. The highest BCUT2D eigenvalue weighted by molar-refractivity contribution is 7.09. The number of tetrazole rings is 1. The van der Waals surface area contributed by atoms with Crippen LogP contribution in [-0.4, -0.2) is 25.2 Å². The Bertz CT molecular complexity index is 709. The Morgan fingerprint density at radius 3 is 2.76 bits per heavy atom. The van der Waals surface area contributed by atoms with E-state index in [1.165, 1.54) is 0 Å². The summed E-state index contributed by atoms with van der Waals surface area (Å²) in [6, 6.07) is 9.82. The van der Waals surface area contributed by atoms with Gasteiger partial charge in [-0.05, 0) is 11.6 Å². The van der Waals surface area contributed by atoms with Gasteiger partial charge in [0.25, 0.3) is 0 Å². The van der Waals surface area contributed by atoms with Gasteiger partial charge in [0.15, 0.2) is 0 Å². The zero-order valence-electron chi connectivity index (χ0n) is 11.5. The van der Waals surface area contributed by atoms with Gasteiger partial charge < -0.3 is 0 Å². The van der Waals surface area contributed by atoms with Crippen LogP contribution in [0.15, 0.2) is 35.7 Å². The minimum Gasteiger partial charge on any atom is -0.243 e. The van der Waals surface area contributed by atoms with E-state index in [1.807, 2.05) is 35.7 Å². The van der Waals surface area contributed by atoms with Gasteiger partial charge in [-0.1, -0.05) is 37.3 Å². The highest BCUT2D eigenvalue weighted by Crippen LogP contribution is 2.25. The van der Waals surface area contributed by atoms with Gasteiger partial charge in [0.05, 0.1) is 11.6 Å². The number of aromatic nitrogens is 5. The molecule has 21 heavy (non-hydrogen) atoms. The molecule has 3 aromatic rings. The molecule has 0 amide bonds. The molecular formula is C14H14ClN5S. The van der Waals surface area contributed by atoms with Crippen molar-refractivity contribution in [3.05, 3.63) is 46.4 Å². The number of halogens is 1. The fourth-order valence-electron chi connectivity index (χ4n) is 2.03. The van der Waals surface area contributed by atoms with Crippen LogP contribution in [0.3, 0.4) is 0 Å². The van der Waals surface area contributed by atoms with Crippen molar-refractivity contribution in [2.24, 2.45) is 0 Å². The summed E-state index contributed by atoms with van der Waals surface area (Å²) in [5, 5.41) is 15.8. The zero-order valence-corrected chi connectivity index (χ0v) is 13.1. The van der Waals surface area contributed by atoms with Gasteiger partial charge in [-0.3, -0.25) is 0 Å². The Labute approximate surface area is 131 Å². The first-order chi connectivity index (χ1) is 10.3. The second-order valence-electron chi connectivity index (χ2n) is 4.53. The largest absolute Gasteiger partial charge is 0.243 e. The van der Waals surface area contributed by atoms with Crippen molar-refractivity contribution in [2.75, 3.05) is 0 Å². The van der Waals surface area contributed by atoms with E-state index >= 15 is 0 Å². The van der Waals surface area contributed by atoms with Gasteiger partial charge in [-0.2, -0.15) is 4.80 Å². The zero-order chi connectivity index (χ0) is 14.7. The van der Waals surface area contributed by atoms with Crippen LogP contribution in [0.4, 0.5) is 0 Å². The first-order valence-corrected chi connectivity index (χ1v) is 8.08. The lowest BCUT2D eigenvalue weighted by molar-refractivity contribution is 0.438. The molecule has 0 saturated carbocycles. The molecule has 108 valence electrons. The standard InChI is InChI=1S/C14H14ClN5S/c1-2-12(14-16-11(8-15)9-21-14)20-18-13(17-19-20)10-6-4-3-5-7-10/h3-7,9,12H,2,8H2,1H3. The van der Waals surface area contributed by atoms with Crippen LogP contribution in [0.5, 0.6) is 0 Å². The fraction of sp³-hybridized carbons (Fsp3) is 0.286. The molecule has 0 aliphatic carbocycles. The molecule has 0 fully saturated rings. The Morgan fingerprint density at radius 2 is 2.10 bits per heavy atom. The maximum absolute atomic E-state index is 5.81. The summed E-state index contributed by atoms with van der Waals surface area (Å²) in [6.07, 6.45) is 0.847. The van der Waals surface area contributed by atoms with E-state index in [0.29, 0.717) is 11.7 Å². The summed E-state index contributed by atoms with van der Waals surface area (Å²) in [6.45, 7) is 2.08. The average molecular weight is 320 g/mol. The van der Waals surface area contributed by atoms with E-state index in [2.05, 4.69) is 27.3 Å². The predicted octanol–water partition coefficient (Wildman–Crippen LogP) is 3.53. The maximum atomic E-state index is 5.81. The SMILES string of the molecule is CCC(c1nc(CCl)cs1)n1nnc(-c2ccccc2)n1. The molecule has 1 unspecified atom stereocenters. The molecular weight excluding hydrogens is 306 g/mol. The van der Waals surface area contributed by atoms with Crippen LogP contribution >= 0.6 is 22.9 Å². The van der Waals surface area contributed by atoms with Crippen molar-refractivity contribution in [3.63, 3.8) is 0 Å². The first kappa shape index (κ1) is 14.2. The fourth-order valence-corrected chi connectivity index (χ4v) is 3.24. The summed E-state index contributed by atoms with van der Waals surface area (Å²) in [7, 11) is 0. The van der Waals surface area contributed by atoms with E-state index in [-0.39, 0.29) is 6.04 Å². The van der Waals surface area contributed by atoms with Crippen LogP contribution < -0.4 is 0 Å². The molecule has 0 radical (unpaired) electrons. The van der Waals surface area contributed by atoms with Crippen molar-refractivity contribution >= 4 is 22.9 Å². The van der Waals surface area contributed by atoms with Crippen molar-refractivity contribution in [3.8, 4) is 11.4 Å². The average Bonchev–Trinajstić information content (AvgIpc) is 3.19. The van der Waals surface area contributed by atoms with Gasteiger partial charge >= 0.3 is 0 Å². The quantitative estimate of drug-likeness (QED) is 0.675. The number of benzene rings is 1. The molecule has 1 aromatic carbocycles. The van der Waals surface area contributed by atoms with E-state index < -0.39 is 0 Å². The van der Waals surface area contributed by atoms with Crippen LogP contribution in [0.1, 0.15) is 30.1 Å². The highest BCUT2D eigenvalue weighted by atomic mass is 35.5. The molecule has 0 spiro atoms. The summed E-state index contributed by atoms with van der Waals surface area (Å²) in [5.74, 6) is 1.05. The summed E-state index contributed by atoms with van der Waals surface area (Å²) >= 11 is 7.39. The monoisotopic (exact) mass is 319 g/mol. The highest BCUT2D eigenvalue weighted by Gasteiger charge is 2.19. The van der Waals surface area contributed by atoms with Crippen LogP contribution in [0.2, 0.25) is 0 Å². The number of nitrogens with zero attached hydrogens (tertiary/aromatic N) is 5. The summed E-state index contributed by atoms with van der Waals surface area (Å²) in [4.78, 5) is 6.15. The molecule has 7 heteroatoms. The third kappa shape index (κ3) is 2.96. The van der Waals surface area contributed by atoms with Gasteiger partial charge in [0.2, 0.25) is 5.82 Å². The Kier molecular flexibility index (Phi) is 4.26. The van der Waals surface area contributed by atoms with Crippen molar-refractivity contribution in [1.82, 2.24) is 25.2 Å². The smallest absolute Gasteiger partial charge is 0.204 e. The third-order valence-electron chi connectivity index (χ3n) is 3.12. The van der Waals surface area contributed by atoms with Crippen molar-refractivity contribution < 1.29 is 0 Å². The number of thiazole rings is 1. The Hall–Kier alpha value is -1.79. The van der Waals surface area contributed by atoms with Crippen LogP contribution in [0, 0.1) is 0 Å². The van der Waals surface area contributed by atoms with E-state index in [1.54, 1.807) is 16.1 Å². The topological polar surface area (TPSA) is 56.5 Å². The molecule has 2 heterocycles. The lowest BCUT2D eigenvalue weighted by Gasteiger charge is -2.09. The van der Waals surface area contributed by atoms with E-state index in [4.69, 9.17) is 11.6 Å². The minimum atomic E-state index is -0.00284. The lowest BCUT2D eigenvalue weighted by Crippen LogP contribution is -2.13. The van der Waals surface area contributed by atoms with Gasteiger partial charge in [-0.25, -0.2) is 4.98 Å². The normalized spacial score (nSPS) is 12.5. The van der Waals surface area contributed by atoms with Gasteiger partial charge in [0, 0.05) is 10.9 Å². The molecule has 0 N–H and O–H groups in total. The number of rotatable bonds is 5. The summed E-state index contributed by atoms with van der Waals surface area (Å²) < 4.78 is 0. The van der Waals surface area contributed by atoms with E-state index in [9.17, 15) is 0 Å². The van der Waals surface area contributed by atoms with Crippen molar-refractivity contribution in [1.29, 1.82) is 0 Å². The maximum Gasteiger partial charge on any atom is 0.204 e. The second-order valence-corrected chi connectivity index (χ2v) is 5.69. The first-order valence-electron chi connectivity index (χ1n) is 6.67. The molecule has 0 aliphatic rings. The van der Waals surface area contributed by atoms with Gasteiger partial charge in [-0.15, -0.1) is 33.1 Å². The number of alkyl halides is 1. The number of hydrogen-bond donors (Lipinski definition) is 0. The predicted molar refractivity (Wildman–Crippen MR) is 83.4 cm³/mol. The molecule has 5 nitrogen and oxygen atoms in total. The lowest BCUT2D eigenvalue weighted by atomic mass is 10.2. The summed E-state index contributed by atoms with van der Waals surface area (Å²) in [5.41, 5.74) is 1.85. The van der Waals surface area contributed by atoms with E-state index in [0.717, 1.165) is 22.7 Å². The molecule has 0 aliphatic heterocycles. The molecule has 3 rings (SSSR count). The molecule has 2 aromatic heterocycles. The van der Waals surface area contributed by atoms with Crippen LogP contribution in [-0.2, 0) is 5.88 Å². The molecule has 1 atom stereocenters. The Morgan fingerprint density at radius 1 is 1.29 bits per heavy atom. The Balaban J connectivity index is 1.90. The van der Waals surface area contributed by atoms with Gasteiger partial charge in [0.1, 0.15) is 11.0 Å². The number of hydrogen-bond acceptors (Lipinski definition) is 5. The van der Waals surface area contributed by atoms with Crippen molar-refractivity contribution in [2.45, 2.75) is 25.3 Å². The molecule has 0 bridgehead atoms. The third-order valence-corrected chi connectivity index (χ3v) is 4.39. The minimum absolute atomic E-state index is 0.00284. The molecule has 0 saturated heterocycles.